The van der Waals surface area contributed by atoms with Crippen LogP contribution in [-0.4, -0.2) is 28.7 Å². The Balaban J connectivity index is 1.81. The highest BCUT2D eigenvalue weighted by Crippen LogP contribution is 2.23. The number of nitrogens with zero attached hydrogens (tertiary/aromatic N) is 1. The standard InChI is InChI=1S/C18H24N2O3S/c1-12-7-5-6-8-14(12)23-10-13(21)17(22)19-9-16-20-15(11-24-16)18(2,3)4/h5-8,11,13,21H,9-10H2,1-4H3,(H,19,22). The van der Waals surface area contributed by atoms with Gasteiger partial charge in [-0.3, -0.25) is 4.79 Å². The van der Waals surface area contributed by atoms with Gasteiger partial charge in [0.1, 0.15) is 17.4 Å². The third-order valence-corrected chi connectivity index (χ3v) is 4.38. The van der Waals surface area contributed by atoms with Crippen molar-refractivity contribution in [3.63, 3.8) is 0 Å². The fourth-order valence-electron chi connectivity index (χ4n) is 1.98. The van der Waals surface area contributed by atoms with E-state index in [1.165, 1.54) is 11.3 Å². The van der Waals surface area contributed by atoms with E-state index in [4.69, 9.17) is 4.74 Å². The van der Waals surface area contributed by atoms with Crippen molar-refractivity contribution < 1.29 is 14.6 Å². The number of rotatable bonds is 6. The van der Waals surface area contributed by atoms with Gasteiger partial charge in [-0.05, 0) is 18.6 Å². The molecule has 0 radical (unpaired) electrons. The molecule has 1 amide bonds. The molecule has 0 saturated carbocycles. The Kier molecular flexibility index (Phi) is 5.96. The van der Waals surface area contributed by atoms with Crippen molar-refractivity contribution in [3.05, 3.63) is 45.9 Å². The van der Waals surface area contributed by atoms with Crippen LogP contribution in [0.4, 0.5) is 0 Å². The van der Waals surface area contributed by atoms with Gasteiger partial charge in [-0.1, -0.05) is 39.0 Å². The summed E-state index contributed by atoms with van der Waals surface area (Å²) in [6.45, 7) is 8.42. The van der Waals surface area contributed by atoms with Crippen LogP contribution in [0.3, 0.4) is 0 Å². The van der Waals surface area contributed by atoms with E-state index >= 15 is 0 Å². The first kappa shape index (κ1) is 18.4. The summed E-state index contributed by atoms with van der Waals surface area (Å²) in [5.41, 5.74) is 1.95. The Labute approximate surface area is 146 Å². The Bertz CT molecular complexity index is 692. The SMILES string of the molecule is Cc1ccccc1OCC(O)C(=O)NCc1nc(C(C)(C)C)cs1. The molecular formula is C18H24N2O3S. The molecule has 2 aromatic rings. The summed E-state index contributed by atoms with van der Waals surface area (Å²) >= 11 is 1.50. The maximum absolute atomic E-state index is 12.0. The predicted molar refractivity (Wildman–Crippen MR) is 95.3 cm³/mol. The minimum absolute atomic E-state index is 0.0142. The highest BCUT2D eigenvalue weighted by molar-refractivity contribution is 7.09. The number of nitrogens with one attached hydrogen (secondary N) is 1. The number of ether oxygens (including phenoxy) is 1. The van der Waals surface area contributed by atoms with Crippen LogP contribution >= 0.6 is 11.3 Å². The van der Waals surface area contributed by atoms with E-state index < -0.39 is 12.0 Å². The molecule has 0 aliphatic carbocycles. The minimum Gasteiger partial charge on any atom is -0.490 e. The summed E-state index contributed by atoms with van der Waals surface area (Å²) in [6, 6.07) is 7.48. The predicted octanol–water partition coefficient (Wildman–Crippen LogP) is 2.81. The van der Waals surface area contributed by atoms with Gasteiger partial charge in [0.2, 0.25) is 0 Å². The molecule has 1 aromatic heterocycles. The van der Waals surface area contributed by atoms with Crippen molar-refractivity contribution in [2.75, 3.05) is 6.61 Å². The van der Waals surface area contributed by atoms with Crippen LogP contribution in [0.2, 0.25) is 0 Å². The molecule has 1 unspecified atom stereocenters. The minimum atomic E-state index is -1.22. The zero-order valence-electron chi connectivity index (χ0n) is 14.5. The van der Waals surface area contributed by atoms with Gasteiger partial charge in [-0.2, -0.15) is 0 Å². The second-order valence-electron chi connectivity index (χ2n) is 6.69. The maximum atomic E-state index is 12.0. The number of hydrogen-bond acceptors (Lipinski definition) is 5. The summed E-state index contributed by atoms with van der Waals surface area (Å²) in [6.07, 6.45) is -1.22. The van der Waals surface area contributed by atoms with E-state index in [9.17, 15) is 9.90 Å². The number of hydrogen-bond donors (Lipinski definition) is 2. The number of aryl methyl sites for hydroxylation is 1. The first-order chi connectivity index (χ1) is 11.3. The Morgan fingerprint density at radius 2 is 2.08 bits per heavy atom. The molecule has 0 aliphatic rings. The molecule has 0 aliphatic heterocycles. The van der Waals surface area contributed by atoms with Crippen molar-refractivity contribution in [1.29, 1.82) is 0 Å². The van der Waals surface area contributed by atoms with Crippen LogP contribution < -0.4 is 10.1 Å². The zero-order valence-corrected chi connectivity index (χ0v) is 15.3. The summed E-state index contributed by atoms with van der Waals surface area (Å²) in [5.74, 6) is 0.204. The lowest BCUT2D eigenvalue weighted by molar-refractivity contribution is -0.130. The Morgan fingerprint density at radius 1 is 1.38 bits per heavy atom. The van der Waals surface area contributed by atoms with Crippen molar-refractivity contribution in [2.24, 2.45) is 0 Å². The number of amides is 1. The number of benzene rings is 1. The number of aliphatic hydroxyl groups is 1. The van der Waals surface area contributed by atoms with E-state index in [2.05, 4.69) is 31.1 Å². The summed E-state index contributed by atoms with van der Waals surface area (Å²) in [7, 11) is 0. The quantitative estimate of drug-likeness (QED) is 0.842. The number of aliphatic hydroxyl groups excluding tert-OH is 1. The Hall–Kier alpha value is -1.92. The van der Waals surface area contributed by atoms with Crippen LogP contribution in [-0.2, 0) is 16.8 Å². The molecule has 2 rings (SSSR count). The van der Waals surface area contributed by atoms with E-state index in [0.29, 0.717) is 12.3 Å². The van der Waals surface area contributed by atoms with Gasteiger partial charge in [0, 0.05) is 10.8 Å². The zero-order chi connectivity index (χ0) is 17.7. The number of carbonyl (C=O) groups excluding carboxylic acids is 1. The lowest BCUT2D eigenvalue weighted by Crippen LogP contribution is -2.37. The van der Waals surface area contributed by atoms with Crippen molar-refractivity contribution in [1.82, 2.24) is 10.3 Å². The molecule has 130 valence electrons. The van der Waals surface area contributed by atoms with Crippen LogP contribution in [0.1, 0.15) is 37.0 Å². The van der Waals surface area contributed by atoms with Gasteiger partial charge in [0.05, 0.1) is 12.2 Å². The van der Waals surface area contributed by atoms with Gasteiger partial charge in [-0.25, -0.2) is 4.98 Å². The summed E-state index contributed by atoms with van der Waals surface area (Å²) < 4.78 is 5.50. The largest absolute Gasteiger partial charge is 0.490 e. The molecule has 1 aromatic carbocycles. The van der Waals surface area contributed by atoms with Gasteiger partial charge >= 0.3 is 0 Å². The number of para-hydroxylation sites is 1. The van der Waals surface area contributed by atoms with E-state index in [-0.39, 0.29) is 12.0 Å². The van der Waals surface area contributed by atoms with Crippen molar-refractivity contribution in [3.8, 4) is 5.75 Å². The molecule has 6 heteroatoms. The topological polar surface area (TPSA) is 71.5 Å². The average Bonchev–Trinajstić information content (AvgIpc) is 3.00. The first-order valence-electron chi connectivity index (χ1n) is 7.86. The molecular weight excluding hydrogens is 324 g/mol. The number of aromatic nitrogens is 1. The fraction of sp³-hybridized carbons (Fsp3) is 0.444. The lowest BCUT2D eigenvalue weighted by atomic mass is 9.93. The molecule has 0 spiro atoms. The highest BCUT2D eigenvalue weighted by Gasteiger charge is 2.19. The second-order valence-corrected chi connectivity index (χ2v) is 7.63. The molecule has 0 bridgehead atoms. The van der Waals surface area contributed by atoms with Gasteiger partial charge in [-0.15, -0.1) is 11.3 Å². The molecule has 1 heterocycles. The van der Waals surface area contributed by atoms with Gasteiger partial charge in [0.15, 0.2) is 6.10 Å². The monoisotopic (exact) mass is 348 g/mol. The maximum Gasteiger partial charge on any atom is 0.252 e. The highest BCUT2D eigenvalue weighted by atomic mass is 32.1. The smallest absolute Gasteiger partial charge is 0.252 e. The van der Waals surface area contributed by atoms with Gasteiger partial charge < -0.3 is 15.2 Å². The molecule has 0 fully saturated rings. The molecule has 24 heavy (non-hydrogen) atoms. The molecule has 5 nitrogen and oxygen atoms in total. The van der Waals surface area contributed by atoms with Gasteiger partial charge in [0.25, 0.3) is 5.91 Å². The number of thiazole rings is 1. The third kappa shape index (κ3) is 5.04. The van der Waals surface area contributed by atoms with Crippen LogP contribution in [0.25, 0.3) is 0 Å². The summed E-state index contributed by atoms with van der Waals surface area (Å²) in [4.78, 5) is 16.5. The van der Waals surface area contributed by atoms with Crippen molar-refractivity contribution in [2.45, 2.75) is 45.8 Å². The summed E-state index contributed by atoms with van der Waals surface area (Å²) in [5, 5.41) is 15.4. The third-order valence-electron chi connectivity index (χ3n) is 3.53. The fourth-order valence-corrected chi connectivity index (χ4v) is 2.94. The second kappa shape index (κ2) is 7.77. The molecule has 1 atom stereocenters. The lowest BCUT2D eigenvalue weighted by Gasteiger charge is -2.14. The first-order valence-corrected chi connectivity index (χ1v) is 8.74. The van der Waals surface area contributed by atoms with E-state index in [1.807, 2.05) is 36.6 Å². The normalized spacial score (nSPS) is 12.7. The van der Waals surface area contributed by atoms with E-state index in [1.54, 1.807) is 0 Å². The average molecular weight is 348 g/mol. The number of carbonyl (C=O) groups is 1. The van der Waals surface area contributed by atoms with Crippen molar-refractivity contribution >= 4 is 17.2 Å². The Morgan fingerprint density at radius 3 is 2.71 bits per heavy atom. The molecule has 2 N–H and O–H groups in total. The molecule has 0 saturated heterocycles. The van der Waals surface area contributed by atoms with Crippen LogP contribution in [0.5, 0.6) is 5.75 Å². The van der Waals surface area contributed by atoms with Crippen LogP contribution in [0, 0.1) is 6.92 Å². The van der Waals surface area contributed by atoms with E-state index in [0.717, 1.165) is 16.3 Å². The van der Waals surface area contributed by atoms with Crippen LogP contribution in [0.15, 0.2) is 29.6 Å².